The topological polar surface area (TPSA) is 70.7 Å². The van der Waals surface area contributed by atoms with E-state index in [1.54, 1.807) is 17.5 Å². The van der Waals surface area contributed by atoms with Gasteiger partial charge in [-0.25, -0.2) is 0 Å². The molecule has 0 amide bonds. The fourth-order valence-electron chi connectivity index (χ4n) is 0.997. The first-order valence-electron chi connectivity index (χ1n) is 4.14. The molecule has 0 spiro atoms. The number of rotatable bonds is 3. The molecule has 2 N–H and O–H groups in total. The zero-order valence-electron chi connectivity index (χ0n) is 7.53. The van der Waals surface area contributed by atoms with Crippen molar-refractivity contribution in [3.05, 3.63) is 38.0 Å². The maximum absolute atomic E-state index is 10.8. The van der Waals surface area contributed by atoms with E-state index < -0.39 is 0 Å². The molecule has 0 unspecified atom stereocenters. The summed E-state index contributed by atoms with van der Waals surface area (Å²) >= 11 is 6.72. The van der Waals surface area contributed by atoms with Crippen LogP contribution in [0.3, 0.4) is 0 Å². The molecule has 0 aliphatic carbocycles. The predicted molar refractivity (Wildman–Crippen MR) is 59.3 cm³/mol. The van der Waals surface area contributed by atoms with E-state index in [-0.39, 0.29) is 4.87 Å². The fourth-order valence-corrected chi connectivity index (χ4v) is 1.68. The van der Waals surface area contributed by atoms with E-state index >= 15 is 0 Å². The molecule has 0 aliphatic heterocycles. The Bertz CT molecular complexity index is 492. The van der Waals surface area contributed by atoms with Crippen LogP contribution in [0.4, 0.5) is 5.82 Å². The van der Waals surface area contributed by atoms with Gasteiger partial charge in [-0.3, -0.25) is 4.79 Å². The number of thiazole rings is 1. The van der Waals surface area contributed by atoms with Crippen LogP contribution in [0.1, 0.15) is 5.69 Å². The molecular weight excluding hydrogens is 236 g/mol. The molecule has 78 valence electrons. The Morgan fingerprint density at radius 1 is 1.47 bits per heavy atom. The van der Waals surface area contributed by atoms with E-state index in [4.69, 9.17) is 11.6 Å². The molecule has 0 aliphatic rings. The summed E-state index contributed by atoms with van der Waals surface area (Å²) in [5, 5.41) is 12.6. The van der Waals surface area contributed by atoms with Crippen LogP contribution in [0.15, 0.2) is 22.3 Å². The van der Waals surface area contributed by atoms with Crippen molar-refractivity contribution >= 4 is 28.8 Å². The molecule has 0 atom stereocenters. The van der Waals surface area contributed by atoms with E-state index in [0.717, 1.165) is 17.0 Å². The lowest BCUT2D eigenvalue weighted by Gasteiger charge is -2.01. The Balaban J connectivity index is 1.99. The molecule has 0 saturated heterocycles. The minimum absolute atomic E-state index is 0.0611. The maximum Gasteiger partial charge on any atom is 0.304 e. The molecule has 2 aromatic rings. The first-order chi connectivity index (χ1) is 7.24. The number of hydrogen-bond donors (Lipinski definition) is 2. The normalized spacial score (nSPS) is 10.2. The molecule has 0 radical (unpaired) electrons. The van der Waals surface area contributed by atoms with Crippen molar-refractivity contribution in [3.8, 4) is 0 Å². The number of hydrogen-bond acceptors (Lipinski definition) is 5. The summed E-state index contributed by atoms with van der Waals surface area (Å²) in [7, 11) is 0. The molecule has 2 aromatic heterocycles. The average Bonchev–Trinajstić information content (AvgIpc) is 2.64. The number of H-pyrrole nitrogens is 1. The highest BCUT2D eigenvalue weighted by Crippen LogP contribution is 2.07. The van der Waals surface area contributed by atoms with E-state index in [1.165, 1.54) is 0 Å². The van der Waals surface area contributed by atoms with Crippen LogP contribution < -0.4 is 10.2 Å². The summed E-state index contributed by atoms with van der Waals surface area (Å²) in [6, 6.07) is 3.37. The maximum atomic E-state index is 10.8. The Morgan fingerprint density at radius 2 is 2.33 bits per heavy atom. The summed E-state index contributed by atoms with van der Waals surface area (Å²) in [5.41, 5.74) is 0.821. The Kier molecular flexibility index (Phi) is 2.98. The minimum Gasteiger partial charge on any atom is -0.363 e. The largest absolute Gasteiger partial charge is 0.363 e. The zero-order chi connectivity index (χ0) is 10.7. The van der Waals surface area contributed by atoms with Crippen molar-refractivity contribution < 1.29 is 0 Å². The Morgan fingerprint density at radius 3 is 2.93 bits per heavy atom. The monoisotopic (exact) mass is 242 g/mol. The minimum atomic E-state index is -0.0611. The van der Waals surface area contributed by atoms with E-state index in [2.05, 4.69) is 20.5 Å². The van der Waals surface area contributed by atoms with Crippen LogP contribution in [-0.4, -0.2) is 15.2 Å². The molecule has 15 heavy (non-hydrogen) atoms. The van der Waals surface area contributed by atoms with Gasteiger partial charge in [-0.15, -0.1) is 10.2 Å². The third-order valence-electron chi connectivity index (χ3n) is 1.66. The summed E-state index contributed by atoms with van der Waals surface area (Å²) < 4.78 is 0. The number of halogens is 1. The fraction of sp³-hybridized carbons (Fsp3) is 0.125. The van der Waals surface area contributed by atoms with Gasteiger partial charge in [-0.05, 0) is 12.1 Å². The zero-order valence-corrected chi connectivity index (χ0v) is 9.10. The van der Waals surface area contributed by atoms with Crippen LogP contribution in [0.25, 0.3) is 0 Å². The van der Waals surface area contributed by atoms with Gasteiger partial charge in [0.25, 0.3) is 0 Å². The van der Waals surface area contributed by atoms with Gasteiger partial charge in [0.05, 0.1) is 6.54 Å². The number of aromatic amines is 1. The molecule has 7 heteroatoms. The second kappa shape index (κ2) is 4.41. The number of nitrogens with zero attached hydrogens (tertiary/aromatic N) is 2. The van der Waals surface area contributed by atoms with Gasteiger partial charge in [0, 0.05) is 11.1 Å². The molecule has 0 bridgehead atoms. The summed E-state index contributed by atoms with van der Waals surface area (Å²) in [6.45, 7) is 0.509. The third-order valence-corrected chi connectivity index (χ3v) is 2.58. The van der Waals surface area contributed by atoms with Crippen LogP contribution in [0.5, 0.6) is 0 Å². The van der Waals surface area contributed by atoms with Crippen molar-refractivity contribution in [2.24, 2.45) is 0 Å². The standard InChI is InChI=1S/C8H7ClN4OS/c9-6-1-2-7(13-12-6)10-3-5-4-15-8(14)11-5/h1-2,4H,3H2,(H,10,13)(H,11,14). The Labute approximate surface area is 94.1 Å². The highest BCUT2D eigenvalue weighted by Gasteiger charge is 1.98. The number of aromatic nitrogens is 3. The van der Waals surface area contributed by atoms with Gasteiger partial charge >= 0.3 is 4.87 Å². The number of nitrogens with one attached hydrogen (secondary N) is 2. The van der Waals surface area contributed by atoms with E-state index in [0.29, 0.717) is 17.5 Å². The Hall–Kier alpha value is -1.40. The molecule has 0 aromatic carbocycles. The molecule has 5 nitrogen and oxygen atoms in total. The van der Waals surface area contributed by atoms with Crippen LogP contribution in [-0.2, 0) is 6.54 Å². The van der Waals surface area contributed by atoms with Gasteiger partial charge in [0.2, 0.25) is 0 Å². The highest BCUT2D eigenvalue weighted by atomic mass is 35.5. The second-order valence-corrected chi connectivity index (χ2v) is 4.00. The summed E-state index contributed by atoms with van der Waals surface area (Å²) in [5.74, 6) is 0.617. The lowest BCUT2D eigenvalue weighted by atomic mass is 10.4. The molecule has 2 heterocycles. The van der Waals surface area contributed by atoms with Crippen molar-refractivity contribution in [2.75, 3.05) is 5.32 Å². The smallest absolute Gasteiger partial charge is 0.304 e. The van der Waals surface area contributed by atoms with Gasteiger partial charge in [0.1, 0.15) is 5.82 Å². The molecule has 2 rings (SSSR count). The first-order valence-corrected chi connectivity index (χ1v) is 5.39. The van der Waals surface area contributed by atoms with Crippen molar-refractivity contribution in [3.63, 3.8) is 0 Å². The molecule has 0 fully saturated rings. The summed E-state index contributed by atoms with van der Waals surface area (Å²) in [6.07, 6.45) is 0. The van der Waals surface area contributed by atoms with Crippen molar-refractivity contribution in [2.45, 2.75) is 6.54 Å². The van der Waals surface area contributed by atoms with Crippen LogP contribution in [0.2, 0.25) is 5.15 Å². The van der Waals surface area contributed by atoms with Crippen LogP contribution in [0, 0.1) is 0 Å². The predicted octanol–water partition coefficient (Wildman–Crippen LogP) is 1.49. The van der Waals surface area contributed by atoms with Gasteiger partial charge < -0.3 is 10.3 Å². The first kappa shape index (κ1) is 10.1. The molecular formula is C8H7ClN4OS. The van der Waals surface area contributed by atoms with Crippen LogP contribution >= 0.6 is 22.9 Å². The summed E-state index contributed by atoms with van der Waals surface area (Å²) in [4.78, 5) is 13.5. The second-order valence-electron chi connectivity index (χ2n) is 2.77. The highest BCUT2D eigenvalue weighted by molar-refractivity contribution is 7.07. The van der Waals surface area contributed by atoms with Gasteiger partial charge in [-0.2, -0.15) is 0 Å². The van der Waals surface area contributed by atoms with E-state index in [1.807, 2.05) is 0 Å². The van der Waals surface area contributed by atoms with Gasteiger partial charge in [0.15, 0.2) is 5.15 Å². The number of anilines is 1. The molecule has 0 saturated carbocycles. The third kappa shape index (κ3) is 2.77. The SMILES string of the molecule is O=c1[nH]c(CNc2ccc(Cl)nn2)cs1. The van der Waals surface area contributed by atoms with Crippen molar-refractivity contribution in [1.29, 1.82) is 0 Å². The quantitative estimate of drug-likeness (QED) is 0.856. The lowest BCUT2D eigenvalue weighted by Crippen LogP contribution is -2.04. The average molecular weight is 243 g/mol. The van der Waals surface area contributed by atoms with E-state index in [9.17, 15) is 4.79 Å². The lowest BCUT2D eigenvalue weighted by molar-refractivity contribution is 0.982. The van der Waals surface area contributed by atoms with Crippen molar-refractivity contribution in [1.82, 2.24) is 15.2 Å². The van der Waals surface area contributed by atoms with Gasteiger partial charge in [-0.1, -0.05) is 22.9 Å².